The highest BCUT2D eigenvalue weighted by Gasteiger charge is 2.59. The zero-order valence-corrected chi connectivity index (χ0v) is 18.5. The summed E-state index contributed by atoms with van der Waals surface area (Å²) in [6, 6.07) is 3.27. The maximum Gasteiger partial charge on any atom is 0.414 e. The van der Waals surface area contributed by atoms with E-state index in [0.29, 0.717) is 4.57 Å². The minimum Gasteiger partial charge on any atom is -0.379 e. The van der Waals surface area contributed by atoms with E-state index in [1.165, 1.54) is 26.1 Å². The van der Waals surface area contributed by atoms with Gasteiger partial charge in [0.05, 0.1) is 23.6 Å². The van der Waals surface area contributed by atoms with E-state index in [1.54, 1.807) is 0 Å². The highest BCUT2D eigenvalue weighted by Crippen LogP contribution is 2.42. The van der Waals surface area contributed by atoms with Crippen LogP contribution in [0.25, 0.3) is 10.8 Å². The molecule has 2 aromatic heterocycles. The van der Waals surface area contributed by atoms with Crippen LogP contribution >= 0.6 is 0 Å². The van der Waals surface area contributed by atoms with Gasteiger partial charge in [-0.25, -0.2) is 17.9 Å². The molecule has 1 N–H and O–H groups in total. The molecule has 3 heterocycles. The van der Waals surface area contributed by atoms with Gasteiger partial charge in [-0.1, -0.05) is 18.2 Å². The Morgan fingerprint density at radius 3 is 2.46 bits per heavy atom. The predicted octanol–water partition coefficient (Wildman–Crippen LogP) is 4.02. The summed E-state index contributed by atoms with van der Waals surface area (Å²) >= 11 is 0. The van der Waals surface area contributed by atoms with Crippen molar-refractivity contribution in [3.63, 3.8) is 0 Å². The fourth-order valence-electron chi connectivity index (χ4n) is 4.22. The number of fused-ring (bicyclic) bond motifs is 1. The lowest BCUT2D eigenvalue weighted by Crippen LogP contribution is -2.52. The molecule has 0 amide bonds. The number of halogens is 6. The average Bonchev–Trinajstić information content (AvgIpc) is 3.28. The molecule has 1 aliphatic rings. The molecule has 1 aliphatic heterocycles. The lowest BCUT2D eigenvalue weighted by atomic mass is 9.96. The minimum absolute atomic E-state index is 0.125. The van der Waals surface area contributed by atoms with Gasteiger partial charge in [-0.2, -0.15) is 18.3 Å². The van der Waals surface area contributed by atoms with Crippen LogP contribution in [0.5, 0.6) is 0 Å². The van der Waals surface area contributed by atoms with Crippen molar-refractivity contribution in [1.82, 2.24) is 14.3 Å². The molecular weight excluding hydrogens is 482 g/mol. The number of hydrogen-bond acceptors (Lipinski definition) is 5. The normalized spacial score (nSPS) is 19.5. The molecule has 3 aromatic rings. The second-order valence-electron chi connectivity index (χ2n) is 8.34. The van der Waals surface area contributed by atoms with Crippen molar-refractivity contribution in [1.29, 1.82) is 0 Å². The minimum atomic E-state index is -4.84. The van der Waals surface area contributed by atoms with E-state index in [1.807, 2.05) is 0 Å². The Balaban J connectivity index is 1.89. The van der Waals surface area contributed by atoms with Gasteiger partial charge in [-0.15, -0.1) is 0 Å². The van der Waals surface area contributed by atoms with Gasteiger partial charge >= 0.3 is 6.18 Å². The zero-order valence-electron chi connectivity index (χ0n) is 18.5. The Morgan fingerprint density at radius 1 is 1.17 bits per heavy atom. The van der Waals surface area contributed by atoms with E-state index >= 15 is 0 Å². The first-order valence-electron chi connectivity index (χ1n) is 10.5. The molecule has 188 valence electrons. The first-order valence-corrected chi connectivity index (χ1v) is 10.5. The molecule has 2 atom stereocenters. The Morgan fingerprint density at radius 2 is 1.86 bits per heavy atom. The van der Waals surface area contributed by atoms with Gasteiger partial charge in [0.25, 0.3) is 17.5 Å². The van der Waals surface area contributed by atoms with Gasteiger partial charge in [0, 0.05) is 43.3 Å². The highest BCUT2D eigenvalue weighted by molar-refractivity contribution is 5.90. The number of hydrogen-bond donors (Lipinski definition) is 1. The van der Waals surface area contributed by atoms with Crippen LogP contribution in [0.1, 0.15) is 36.9 Å². The van der Waals surface area contributed by atoms with Gasteiger partial charge in [-0.3, -0.25) is 14.2 Å². The Bertz CT molecular complexity index is 1390. The van der Waals surface area contributed by atoms with Crippen molar-refractivity contribution in [2.75, 3.05) is 18.5 Å². The maximum absolute atomic E-state index is 14.7. The van der Waals surface area contributed by atoms with Crippen LogP contribution in [-0.2, 0) is 17.3 Å². The van der Waals surface area contributed by atoms with Crippen LogP contribution in [0, 0.1) is 5.82 Å². The third-order valence-corrected chi connectivity index (χ3v) is 6.19. The first-order chi connectivity index (χ1) is 16.4. The number of rotatable bonds is 5. The number of anilines is 1. The summed E-state index contributed by atoms with van der Waals surface area (Å²) in [5.41, 5.74) is -5.39. The summed E-state index contributed by atoms with van der Waals surface area (Å²) in [5.74, 6) is -1.28. The van der Waals surface area contributed by atoms with Crippen molar-refractivity contribution in [2.45, 2.75) is 37.5 Å². The van der Waals surface area contributed by atoms with E-state index in [9.17, 15) is 35.9 Å². The van der Waals surface area contributed by atoms with Crippen molar-refractivity contribution in [3.8, 4) is 0 Å². The fraction of sp³-hybridized carbons (Fsp3) is 0.409. The van der Waals surface area contributed by atoms with Crippen LogP contribution in [0.2, 0.25) is 0 Å². The van der Waals surface area contributed by atoms with E-state index < -0.39 is 59.7 Å². The quantitative estimate of drug-likeness (QED) is 0.534. The maximum atomic E-state index is 14.7. The van der Waals surface area contributed by atoms with Crippen molar-refractivity contribution >= 4 is 16.6 Å². The molecule has 1 unspecified atom stereocenters. The van der Waals surface area contributed by atoms with Crippen molar-refractivity contribution in [2.24, 2.45) is 7.05 Å². The second kappa shape index (κ2) is 8.70. The number of nitrogens with zero attached hydrogens (tertiary/aromatic N) is 3. The lowest BCUT2D eigenvalue weighted by molar-refractivity contribution is -0.214. The SMILES string of the molecule is CC(Nc1nn(C)c(=O)c2cc(=O)n([C@]3(C(F)(F)F)CCOC3)cc12)c1cccc(C(F)F)c1F. The second-order valence-corrected chi connectivity index (χ2v) is 8.34. The van der Waals surface area contributed by atoms with E-state index in [0.717, 1.165) is 23.0 Å². The van der Waals surface area contributed by atoms with E-state index in [4.69, 9.17) is 4.74 Å². The van der Waals surface area contributed by atoms with E-state index in [2.05, 4.69) is 10.4 Å². The van der Waals surface area contributed by atoms with Gasteiger partial charge in [0.1, 0.15) is 5.82 Å². The molecule has 0 saturated carbocycles. The molecule has 1 aromatic carbocycles. The number of ether oxygens (including phenoxy) is 1. The first kappa shape index (κ1) is 24.8. The van der Waals surface area contributed by atoms with Crippen molar-refractivity contribution in [3.05, 3.63) is 68.1 Å². The smallest absolute Gasteiger partial charge is 0.379 e. The molecule has 1 fully saturated rings. The molecule has 0 bridgehead atoms. The Kier molecular flexibility index (Phi) is 6.16. The van der Waals surface area contributed by atoms with Crippen LogP contribution < -0.4 is 16.4 Å². The fourth-order valence-corrected chi connectivity index (χ4v) is 4.22. The summed E-state index contributed by atoms with van der Waals surface area (Å²) in [6.45, 7) is 0.427. The number of pyridine rings is 1. The van der Waals surface area contributed by atoms with Crippen LogP contribution in [-0.4, -0.2) is 33.7 Å². The standard InChI is InChI=1S/C22H20F6N4O3/c1-11(12-4-3-5-13(17(12)23)18(24)25)29-19-15-9-32(21(22(26,27)28)6-7-35-10-21)16(33)8-14(15)20(34)31(2)30-19/h3-5,8-9,11,18H,6-7,10H2,1-2H3,(H,29,30)/t11?,21-/m1/s1. The zero-order chi connectivity index (χ0) is 25.7. The molecular formula is C22H20F6N4O3. The largest absolute Gasteiger partial charge is 0.414 e. The van der Waals surface area contributed by atoms with Crippen molar-refractivity contribution < 1.29 is 31.1 Å². The highest BCUT2D eigenvalue weighted by atomic mass is 19.4. The summed E-state index contributed by atoms with van der Waals surface area (Å²) in [5, 5.41) is 6.48. The van der Waals surface area contributed by atoms with Gasteiger partial charge in [-0.05, 0) is 6.92 Å². The topological polar surface area (TPSA) is 78.2 Å². The van der Waals surface area contributed by atoms with Crippen LogP contribution in [0.4, 0.5) is 32.2 Å². The van der Waals surface area contributed by atoms with E-state index in [-0.39, 0.29) is 28.8 Å². The molecule has 0 aliphatic carbocycles. The number of nitrogens with one attached hydrogen (secondary N) is 1. The molecule has 13 heteroatoms. The number of aromatic nitrogens is 3. The monoisotopic (exact) mass is 502 g/mol. The van der Waals surface area contributed by atoms with Gasteiger partial charge in [0.15, 0.2) is 11.4 Å². The third-order valence-electron chi connectivity index (χ3n) is 6.19. The summed E-state index contributed by atoms with van der Waals surface area (Å²) in [6.07, 6.45) is -7.52. The molecule has 7 nitrogen and oxygen atoms in total. The van der Waals surface area contributed by atoms with Crippen LogP contribution in [0.3, 0.4) is 0 Å². The number of aryl methyl sites for hydroxylation is 1. The molecule has 35 heavy (non-hydrogen) atoms. The number of benzene rings is 1. The van der Waals surface area contributed by atoms with Gasteiger partial charge in [0.2, 0.25) is 0 Å². The third kappa shape index (κ3) is 4.07. The predicted molar refractivity (Wildman–Crippen MR) is 114 cm³/mol. The summed E-state index contributed by atoms with van der Waals surface area (Å²) < 4.78 is 89.4. The Hall–Kier alpha value is -3.35. The van der Waals surface area contributed by atoms with Gasteiger partial charge < -0.3 is 10.1 Å². The summed E-state index contributed by atoms with van der Waals surface area (Å²) in [4.78, 5) is 25.3. The Labute approximate surface area is 193 Å². The molecule has 4 rings (SSSR count). The molecule has 0 radical (unpaired) electrons. The molecule has 1 saturated heterocycles. The van der Waals surface area contributed by atoms with Crippen LogP contribution in [0.15, 0.2) is 40.1 Å². The molecule has 0 spiro atoms. The lowest BCUT2D eigenvalue weighted by Gasteiger charge is -2.32. The number of alkyl halides is 5. The summed E-state index contributed by atoms with van der Waals surface area (Å²) in [7, 11) is 1.27. The average molecular weight is 502 g/mol.